The molecule has 0 unspecified atom stereocenters. The van der Waals surface area contributed by atoms with E-state index in [0.29, 0.717) is 22.5 Å². The second-order valence-corrected chi connectivity index (χ2v) is 4.85. The third kappa shape index (κ3) is 1.67. The van der Waals surface area contributed by atoms with Crippen LogP contribution in [0, 0.1) is 0 Å². The Kier molecular flexibility index (Phi) is 2.14. The van der Waals surface area contributed by atoms with Crippen molar-refractivity contribution in [2.45, 2.75) is 37.5 Å². The van der Waals surface area contributed by atoms with Gasteiger partial charge in [-0.15, -0.1) is 0 Å². The highest BCUT2D eigenvalue weighted by molar-refractivity contribution is 6.30. The zero-order valence-electron chi connectivity index (χ0n) is 8.61. The average molecular weight is 239 g/mol. The average Bonchev–Trinajstić information content (AvgIpc) is 3.09. The Balaban J connectivity index is 2.11. The Morgan fingerprint density at radius 3 is 2.31 bits per heavy atom. The molecule has 0 aliphatic heterocycles. The van der Waals surface area contributed by atoms with Crippen LogP contribution < -0.4 is 0 Å². The van der Waals surface area contributed by atoms with Gasteiger partial charge in [-0.25, -0.2) is 14.8 Å². The first-order valence-corrected chi connectivity index (χ1v) is 5.85. The number of carboxylic acids is 1. The van der Waals surface area contributed by atoms with E-state index in [0.717, 1.165) is 25.7 Å². The van der Waals surface area contributed by atoms with Crippen molar-refractivity contribution in [1.29, 1.82) is 0 Å². The van der Waals surface area contributed by atoms with Gasteiger partial charge in [0.1, 0.15) is 11.0 Å². The molecule has 0 radical (unpaired) electrons. The van der Waals surface area contributed by atoms with E-state index in [1.807, 2.05) is 0 Å². The summed E-state index contributed by atoms with van der Waals surface area (Å²) < 4.78 is 0. The van der Waals surface area contributed by atoms with Gasteiger partial charge in [0, 0.05) is 11.5 Å². The van der Waals surface area contributed by atoms with Gasteiger partial charge in [0.2, 0.25) is 0 Å². The Bertz CT molecular complexity index is 467. The van der Waals surface area contributed by atoms with Gasteiger partial charge < -0.3 is 5.11 Å². The van der Waals surface area contributed by atoms with E-state index >= 15 is 0 Å². The lowest BCUT2D eigenvalue weighted by molar-refractivity contribution is 0.0688. The highest BCUT2D eigenvalue weighted by Crippen LogP contribution is 2.45. The number of hydrogen-bond acceptors (Lipinski definition) is 3. The number of carbonyl (C=O) groups is 1. The van der Waals surface area contributed by atoms with Crippen LogP contribution in [0.2, 0.25) is 5.15 Å². The summed E-state index contributed by atoms with van der Waals surface area (Å²) in [6, 6.07) is 0. The summed E-state index contributed by atoms with van der Waals surface area (Å²) in [6.45, 7) is 0. The molecule has 5 heteroatoms. The van der Waals surface area contributed by atoms with E-state index in [-0.39, 0.29) is 11.6 Å². The quantitative estimate of drug-likeness (QED) is 0.822. The molecule has 0 saturated heterocycles. The molecule has 2 aliphatic carbocycles. The van der Waals surface area contributed by atoms with E-state index in [1.54, 1.807) is 0 Å². The van der Waals surface area contributed by atoms with Gasteiger partial charge in [-0.1, -0.05) is 11.6 Å². The molecule has 1 aromatic heterocycles. The number of hydrogen-bond donors (Lipinski definition) is 1. The Labute approximate surface area is 97.7 Å². The highest BCUT2D eigenvalue weighted by Gasteiger charge is 2.35. The van der Waals surface area contributed by atoms with Gasteiger partial charge in [0.15, 0.2) is 5.69 Å². The number of nitrogens with zero attached hydrogens (tertiary/aromatic N) is 2. The molecule has 0 aromatic carbocycles. The minimum Gasteiger partial charge on any atom is -0.476 e. The van der Waals surface area contributed by atoms with Gasteiger partial charge in [-0.2, -0.15) is 0 Å². The Morgan fingerprint density at radius 2 is 1.81 bits per heavy atom. The molecular formula is C11H11ClN2O2. The third-order valence-electron chi connectivity index (χ3n) is 3.05. The fourth-order valence-electron chi connectivity index (χ4n) is 1.88. The van der Waals surface area contributed by atoms with Crippen molar-refractivity contribution in [3.63, 3.8) is 0 Å². The second kappa shape index (κ2) is 3.42. The molecule has 0 amide bonds. The van der Waals surface area contributed by atoms with Crippen molar-refractivity contribution in [1.82, 2.24) is 9.97 Å². The van der Waals surface area contributed by atoms with Gasteiger partial charge >= 0.3 is 5.97 Å². The lowest BCUT2D eigenvalue weighted by Crippen LogP contribution is -2.10. The predicted octanol–water partition coefficient (Wildman–Crippen LogP) is 2.58. The maximum Gasteiger partial charge on any atom is 0.354 e. The summed E-state index contributed by atoms with van der Waals surface area (Å²) in [5.41, 5.74) is 0.753. The second-order valence-electron chi connectivity index (χ2n) is 4.49. The van der Waals surface area contributed by atoms with Crippen LogP contribution in [-0.4, -0.2) is 21.0 Å². The van der Waals surface area contributed by atoms with Crippen molar-refractivity contribution in [3.05, 3.63) is 22.2 Å². The van der Waals surface area contributed by atoms with Gasteiger partial charge in [0.05, 0.1) is 0 Å². The predicted molar refractivity (Wildman–Crippen MR) is 58.0 cm³/mol. The first-order chi connectivity index (χ1) is 7.66. The zero-order valence-corrected chi connectivity index (χ0v) is 9.37. The van der Waals surface area contributed by atoms with Crippen molar-refractivity contribution in [2.24, 2.45) is 0 Å². The summed E-state index contributed by atoms with van der Waals surface area (Å²) in [5, 5.41) is 9.49. The van der Waals surface area contributed by atoms with Crippen LogP contribution in [0.4, 0.5) is 0 Å². The topological polar surface area (TPSA) is 63.1 Å². The molecule has 1 heterocycles. The molecule has 1 aromatic rings. The van der Waals surface area contributed by atoms with Crippen LogP contribution in [-0.2, 0) is 0 Å². The SMILES string of the molecule is O=C(O)c1nc(C2CC2)nc(Cl)c1C1CC1. The van der Waals surface area contributed by atoms with Gasteiger partial charge in [-0.05, 0) is 31.6 Å². The summed E-state index contributed by atoms with van der Waals surface area (Å²) in [7, 11) is 0. The third-order valence-corrected chi connectivity index (χ3v) is 3.34. The fraction of sp³-hybridized carbons (Fsp3) is 0.545. The molecule has 3 rings (SSSR count). The number of aromatic carboxylic acids is 1. The van der Waals surface area contributed by atoms with Gasteiger partial charge in [0.25, 0.3) is 0 Å². The standard InChI is InChI=1S/C11H11ClN2O2/c12-9-7(5-1-2-5)8(11(15)16)13-10(14-9)6-3-4-6/h5-6H,1-4H2,(H,15,16). The molecular weight excluding hydrogens is 228 g/mol. The molecule has 2 saturated carbocycles. The molecule has 4 nitrogen and oxygen atoms in total. The first kappa shape index (κ1) is 10.0. The Hall–Kier alpha value is -1.16. The molecule has 0 atom stereocenters. The molecule has 2 aliphatic rings. The van der Waals surface area contributed by atoms with Crippen LogP contribution >= 0.6 is 11.6 Å². The van der Waals surface area contributed by atoms with E-state index in [4.69, 9.17) is 16.7 Å². The van der Waals surface area contributed by atoms with Crippen LogP contribution in [0.5, 0.6) is 0 Å². The van der Waals surface area contributed by atoms with Crippen molar-refractivity contribution in [2.75, 3.05) is 0 Å². The number of aromatic nitrogens is 2. The molecule has 2 fully saturated rings. The summed E-state index contributed by atoms with van der Waals surface area (Å²) in [4.78, 5) is 19.5. The van der Waals surface area contributed by atoms with E-state index in [1.165, 1.54) is 0 Å². The van der Waals surface area contributed by atoms with Crippen LogP contribution in [0.1, 0.15) is 59.4 Å². The number of carboxylic acid groups (broad SMARTS) is 1. The van der Waals surface area contributed by atoms with E-state index in [9.17, 15) is 4.79 Å². The maximum absolute atomic E-state index is 11.2. The smallest absolute Gasteiger partial charge is 0.354 e. The normalized spacial score (nSPS) is 19.8. The van der Waals surface area contributed by atoms with Crippen molar-refractivity contribution < 1.29 is 9.90 Å². The zero-order chi connectivity index (χ0) is 11.3. The highest BCUT2D eigenvalue weighted by atomic mass is 35.5. The van der Waals surface area contributed by atoms with Crippen LogP contribution in [0.25, 0.3) is 0 Å². The molecule has 0 bridgehead atoms. The summed E-state index contributed by atoms with van der Waals surface area (Å²) >= 11 is 6.07. The minimum atomic E-state index is -0.992. The minimum absolute atomic E-state index is 0.115. The van der Waals surface area contributed by atoms with E-state index in [2.05, 4.69) is 9.97 Å². The van der Waals surface area contributed by atoms with Crippen molar-refractivity contribution >= 4 is 17.6 Å². The van der Waals surface area contributed by atoms with Gasteiger partial charge in [-0.3, -0.25) is 0 Å². The lowest BCUT2D eigenvalue weighted by atomic mass is 10.1. The lowest BCUT2D eigenvalue weighted by Gasteiger charge is -2.07. The fourth-order valence-corrected chi connectivity index (χ4v) is 2.21. The maximum atomic E-state index is 11.2. The van der Waals surface area contributed by atoms with E-state index < -0.39 is 5.97 Å². The largest absolute Gasteiger partial charge is 0.476 e. The van der Waals surface area contributed by atoms with Crippen LogP contribution in [0.15, 0.2) is 0 Å². The number of halogens is 1. The molecule has 16 heavy (non-hydrogen) atoms. The summed E-state index contributed by atoms with van der Waals surface area (Å²) in [5.74, 6) is 0.190. The summed E-state index contributed by atoms with van der Waals surface area (Å²) in [6.07, 6.45) is 4.06. The molecule has 0 spiro atoms. The van der Waals surface area contributed by atoms with Crippen LogP contribution in [0.3, 0.4) is 0 Å². The molecule has 84 valence electrons. The first-order valence-electron chi connectivity index (χ1n) is 5.47. The monoisotopic (exact) mass is 238 g/mol. The van der Waals surface area contributed by atoms with Crippen molar-refractivity contribution in [3.8, 4) is 0 Å². The Morgan fingerprint density at radius 1 is 1.19 bits per heavy atom. The number of rotatable bonds is 3. The molecule has 1 N–H and O–H groups in total.